The van der Waals surface area contributed by atoms with Crippen molar-refractivity contribution in [3.05, 3.63) is 66.5 Å². The van der Waals surface area contributed by atoms with Crippen molar-refractivity contribution in [1.82, 2.24) is 24.4 Å². The molecule has 2 atom stereocenters. The summed E-state index contributed by atoms with van der Waals surface area (Å²) >= 11 is 0. The quantitative estimate of drug-likeness (QED) is 0.636. The smallest absolute Gasteiger partial charge is 0.257 e. The van der Waals surface area contributed by atoms with Gasteiger partial charge in [-0.05, 0) is 25.3 Å². The third-order valence-electron chi connectivity index (χ3n) is 7.01. The van der Waals surface area contributed by atoms with Crippen LogP contribution in [0.4, 0.5) is 5.82 Å². The van der Waals surface area contributed by atoms with Crippen LogP contribution in [-0.2, 0) is 9.53 Å². The number of aryl methyl sites for hydroxylation is 1. The molecule has 3 aliphatic heterocycles. The number of nitrogens with zero attached hydrogens (tertiary/aromatic N) is 6. The summed E-state index contributed by atoms with van der Waals surface area (Å²) < 4.78 is 8.36. The third-order valence-corrected chi connectivity index (χ3v) is 7.01. The maximum atomic E-state index is 13.6. The maximum Gasteiger partial charge on any atom is 0.257 e. The van der Waals surface area contributed by atoms with Crippen LogP contribution in [0.1, 0.15) is 43.0 Å². The van der Waals surface area contributed by atoms with E-state index in [1.807, 2.05) is 46.9 Å². The van der Waals surface area contributed by atoms with Crippen molar-refractivity contribution in [2.45, 2.75) is 50.5 Å². The van der Waals surface area contributed by atoms with E-state index in [-0.39, 0.29) is 18.2 Å². The molecule has 0 bridgehead atoms. The number of hydrogen-bond acceptors (Lipinski definition) is 6. The molecule has 3 saturated heterocycles. The first kappa shape index (κ1) is 19.4. The molecule has 2 aromatic heterocycles. The predicted octanol–water partition coefficient (Wildman–Crippen LogP) is 3.03. The lowest BCUT2D eigenvalue weighted by atomic mass is 9.89. The highest BCUT2D eigenvalue weighted by Crippen LogP contribution is 2.47. The summed E-state index contributed by atoms with van der Waals surface area (Å²) in [7, 11) is 0. The molecule has 1 spiro atoms. The van der Waals surface area contributed by atoms with Gasteiger partial charge in [0, 0.05) is 38.2 Å². The molecule has 32 heavy (non-hydrogen) atoms. The van der Waals surface area contributed by atoms with Gasteiger partial charge in [0.05, 0.1) is 11.7 Å². The minimum atomic E-state index is -0.702. The topological polar surface area (TPSA) is 76.4 Å². The van der Waals surface area contributed by atoms with Crippen molar-refractivity contribution in [3.63, 3.8) is 0 Å². The lowest BCUT2D eigenvalue weighted by Crippen LogP contribution is -2.50. The molecule has 0 unspecified atom stereocenters. The van der Waals surface area contributed by atoms with Crippen LogP contribution in [0.2, 0.25) is 0 Å². The molecular weight excluding hydrogens is 404 g/mol. The van der Waals surface area contributed by atoms with E-state index in [2.05, 4.69) is 32.0 Å². The molecule has 0 N–H and O–H groups in total. The Hall–Kier alpha value is -3.26. The predicted molar refractivity (Wildman–Crippen MR) is 118 cm³/mol. The van der Waals surface area contributed by atoms with Gasteiger partial charge in [0.1, 0.15) is 30.5 Å². The van der Waals surface area contributed by atoms with E-state index in [9.17, 15) is 4.79 Å². The standard InChI is InChI=1S/C24H26N6O2/c1-17-14-29(16-27-17)21-13-20(25-15-26-21)28-11-9-24(10-12-28)23(31)30-19(7-8-22(30)32-24)18-5-3-2-4-6-18/h2-6,13-16,19,22H,7-12H2,1H3/t19-,22+/m0/s1. The van der Waals surface area contributed by atoms with Gasteiger partial charge >= 0.3 is 0 Å². The number of rotatable bonds is 3. The molecule has 0 aliphatic carbocycles. The fraction of sp³-hybridized carbons (Fsp3) is 0.417. The molecule has 164 valence electrons. The van der Waals surface area contributed by atoms with Crippen LogP contribution < -0.4 is 4.90 Å². The first-order chi connectivity index (χ1) is 15.6. The number of hydrogen-bond donors (Lipinski definition) is 0. The summed E-state index contributed by atoms with van der Waals surface area (Å²) in [5.74, 6) is 1.81. The second-order valence-corrected chi connectivity index (χ2v) is 8.93. The van der Waals surface area contributed by atoms with Gasteiger partial charge in [0.2, 0.25) is 0 Å². The molecule has 3 fully saturated rings. The van der Waals surface area contributed by atoms with Crippen LogP contribution in [-0.4, -0.2) is 55.2 Å². The van der Waals surface area contributed by atoms with Crippen LogP contribution >= 0.6 is 0 Å². The van der Waals surface area contributed by atoms with Crippen molar-refractivity contribution in [2.24, 2.45) is 0 Å². The summed E-state index contributed by atoms with van der Waals surface area (Å²) in [6.07, 6.45) is 8.38. The van der Waals surface area contributed by atoms with Crippen molar-refractivity contribution in [3.8, 4) is 5.82 Å². The number of ether oxygens (including phenoxy) is 1. The summed E-state index contributed by atoms with van der Waals surface area (Å²) in [5, 5.41) is 0. The Morgan fingerprint density at radius 3 is 2.56 bits per heavy atom. The Balaban J connectivity index is 1.18. The van der Waals surface area contributed by atoms with Crippen LogP contribution in [0.15, 0.2) is 55.2 Å². The van der Waals surface area contributed by atoms with Crippen LogP contribution in [0.5, 0.6) is 0 Å². The molecule has 0 radical (unpaired) electrons. The summed E-state index contributed by atoms with van der Waals surface area (Å²) in [4.78, 5) is 30.9. The fourth-order valence-electron chi connectivity index (χ4n) is 5.34. The van der Waals surface area contributed by atoms with Gasteiger partial charge in [-0.25, -0.2) is 15.0 Å². The minimum absolute atomic E-state index is 0.102. The molecule has 8 nitrogen and oxygen atoms in total. The number of carbonyl (C=O) groups excluding carboxylic acids is 1. The highest BCUT2D eigenvalue weighted by atomic mass is 16.6. The van der Waals surface area contributed by atoms with E-state index in [0.29, 0.717) is 12.8 Å². The lowest BCUT2D eigenvalue weighted by Gasteiger charge is -2.38. The number of benzene rings is 1. The van der Waals surface area contributed by atoms with E-state index in [1.165, 1.54) is 5.56 Å². The Morgan fingerprint density at radius 1 is 1.03 bits per heavy atom. The van der Waals surface area contributed by atoms with E-state index in [4.69, 9.17) is 4.74 Å². The average molecular weight is 431 g/mol. The molecule has 3 aromatic rings. The van der Waals surface area contributed by atoms with E-state index < -0.39 is 5.60 Å². The highest BCUT2D eigenvalue weighted by Gasteiger charge is 2.57. The fourth-order valence-corrected chi connectivity index (χ4v) is 5.34. The van der Waals surface area contributed by atoms with Gasteiger partial charge in [-0.15, -0.1) is 0 Å². The van der Waals surface area contributed by atoms with Crippen LogP contribution in [0.25, 0.3) is 5.82 Å². The Labute approximate surface area is 186 Å². The zero-order valence-electron chi connectivity index (χ0n) is 18.1. The maximum absolute atomic E-state index is 13.6. The number of anilines is 1. The largest absolute Gasteiger partial charge is 0.356 e. The van der Waals surface area contributed by atoms with Crippen molar-refractivity contribution >= 4 is 11.7 Å². The van der Waals surface area contributed by atoms with E-state index in [1.54, 1.807) is 12.7 Å². The number of imidazole rings is 1. The van der Waals surface area contributed by atoms with Crippen molar-refractivity contribution < 1.29 is 9.53 Å². The Kier molecular flexibility index (Phi) is 4.50. The molecule has 0 saturated carbocycles. The summed E-state index contributed by atoms with van der Waals surface area (Å²) in [5.41, 5.74) is 1.44. The molecule has 6 rings (SSSR count). The monoisotopic (exact) mass is 430 g/mol. The lowest BCUT2D eigenvalue weighted by molar-refractivity contribution is -0.140. The normalized spacial score (nSPS) is 24.3. The molecule has 1 amide bonds. The summed E-state index contributed by atoms with van der Waals surface area (Å²) in [6, 6.07) is 12.4. The first-order valence-electron chi connectivity index (χ1n) is 11.3. The molecule has 5 heterocycles. The number of amides is 1. The van der Waals surface area contributed by atoms with Crippen LogP contribution in [0.3, 0.4) is 0 Å². The molecule has 3 aliphatic rings. The first-order valence-corrected chi connectivity index (χ1v) is 11.3. The number of piperidine rings is 1. The number of carbonyl (C=O) groups is 1. The molecular formula is C24H26N6O2. The van der Waals surface area contributed by atoms with Crippen molar-refractivity contribution in [2.75, 3.05) is 18.0 Å². The van der Waals surface area contributed by atoms with Crippen LogP contribution in [0, 0.1) is 6.92 Å². The average Bonchev–Trinajstić information content (AvgIpc) is 3.51. The van der Waals surface area contributed by atoms with Gasteiger partial charge < -0.3 is 14.5 Å². The zero-order valence-corrected chi connectivity index (χ0v) is 18.1. The van der Waals surface area contributed by atoms with Crippen molar-refractivity contribution in [1.29, 1.82) is 0 Å². The van der Waals surface area contributed by atoms with E-state index in [0.717, 1.165) is 43.3 Å². The number of aromatic nitrogens is 4. The molecule has 8 heteroatoms. The summed E-state index contributed by atoms with van der Waals surface area (Å²) in [6.45, 7) is 3.40. The van der Waals surface area contributed by atoms with Gasteiger partial charge in [-0.1, -0.05) is 30.3 Å². The van der Waals surface area contributed by atoms with Gasteiger partial charge in [-0.3, -0.25) is 9.36 Å². The second kappa shape index (κ2) is 7.41. The highest BCUT2D eigenvalue weighted by molar-refractivity contribution is 5.88. The SMILES string of the molecule is Cc1cn(-c2cc(N3CCC4(CC3)O[C@@H]3CC[C@@H](c5ccccc5)N3C4=O)ncn2)cn1. The third kappa shape index (κ3) is 3.09. The number of fused-ring (bicyclic) bond motifs is 1. The minimum Gasteiger partial charge on any atom is -0.356 e. The van der Waals surface area contributed by atoms with Gasteiger partial charge in [-0.2, -0.15) is 0 Å². The van der Waals surface area contributed by atoms with Gasteiger partial charge in [0.15, 0.2) is 5.60 Å². The zero-order chi connectivity index (χ0) is 21.7. The Morgan fingerprint density at radius 2 is 1.81 bits per heavy atom. The Bertz CT molecular complexity index is 1140. The second-order valence-electron chi connectivity index (χ2n) is 8.93. The molecule has 1 aromatic carbocycles. The van der Waals surface area contributed by atoms with E-state index >= 15 is 0 Å². The van der Waals surface area contributed by atoms with Gasteiger partial charge in [0.25, 0.3) is 5.91 Å².